The van der Waals surface area contributed by atoms with Gasteiger partial charge in [0.15, 0.2) is 0 Å². The van der Waals surface area contributed by atoms with E-state index < -0.39 is 23.6 Å². The van der Waals surface area contributed by atoms with Gasteiger partial charge >= 0.3 is 12.2 Å². The van der Waals surface area contributed by atoms with Crippen LogP contribution in [0.25, 0.3) is 11.3 Å². The number of aryl methyl sites for hydroxylation is 1. The largest absolute Gasteiger partial charge is 0.457 e. The predicted molar refractivity (Wildman–Crippen MR) is 119 cm³/mol. The molecule has 6 nitrogen and oxygen atoms in total. The number of carbonyl (C=O) groups is 1. The van der Waals surface area contributed by atoms with Crippen molar-refractivity contribution in [2.75, 3.05) is 10.6 Å². The van der Waals surface area contributed by atoms with E-state index in [4.69, 9.17) is 4.74 Å². The Hall–Kier alpha value is -4.34. The second-order valence-electron chi connectivity index (χ2n) is 7.34. The van der Waals surface area contributed by atoms with E-state index in [1.54, 1.807) is 18.3 Å². The van der Waals surface area contributed by atoms with Crippen molar-refractivity contribution in [1.82, 2.24) is 9.55 Å². The van der Waals surface area contributed by atoms with Crippen LogP contribution in [-0.4, -0.2) is 15.6 Å². The molecule has 0 saturated heterocycles. The molecule has 0 bridgehead atoms. The number of anilines is 2. The van der Waals surface area contributed by atoms with Gasteiger partial charge in [-0.25, -0.2) is 9.18 Å². The molecular weight excluding hydrogens is 452 g/mol. The molecule has 2 aromatic heterocycles. The van der Waals surface area contributed by atoms with Gasteiger partial charge < -0.3 is 19.9 Å². The number of amides is 2. The summed E-state index contributed by atoms with van der Waals surface area (Å²) in [5.74, 6) is 0.00619. The molecule has 0 atom stereocenters. The number of carbonyl (C=O) groups excluding carboxylic acids is 1. The maximum absolute atomic E-state index is 14.2. The Morgan fingerprint density at radius 1 is 0.971 bits per heavy atom. The lowest BCUT2D eigenvalue weighted by atomic mass is 10.2. The molecule has 2 aromatic carbocycles. The number of nitrogens with one attached hydrogen (secondary N) is 2. The SMILES string of the molecule is Cn1ccc(-c2cc(Oc3ccc(F)c(NC(=O)Nc4ccc(C(F)(F)F)cc4)c3)ccn2)c1. The van der Waals surface area contributed by atoms with Crippen LogP contribution in [0.3, 0.4) is 0 Å². The van der Waals surface area contributed by atoms with Crippen molar-refractivity contribution in [2.45, 2.75) is 6.18 Å². The number of pyridine rings is 1. The highest BCUT2D eigenvalue weighted by molar-refractivity contribution is 5.99. The average molecular weight is 470 g/mol. The van der Waals surface area contributed by atoms with Crippen molar-refractivity contribution in [3.05, 3.63) is 90.6 Å². The molecule has 0 spiro atoms. The summed E-state index contributed by atoms with van der Waals surface area (Å²) in [5, 5.41) is 4.69. The Kier molecular flexibility index (Phi) is 6.22. The van der Waals surface area contributed by atoms with E-state index in [1.165, 1.54) is 12.1 Å². The average Bonchev–Trinajstić information content (AvgIpc) is 3.22. The third-order valence-electron chi connectivity index (χ3n) is 4.75. The molecule has 4 aromatic rings. The van der Waals surface area contributed by atoms with Crippen LogP contribution < -0.4 is 15.4 Å². The first-order valence-electron chi connectivity index (χ1n) is 9.98. The van der Waals surface area contributed by atoms with Gasteiger partial charge in [0.05, 0.1) is 16.9 Å². The van der Waals surface area contributed by atoms with E-state index in [9.17, 15) is 22.4 Å². The number of rotatable bonds is 5. The molecule has 2 N–H and O–H groups in total. The van der Waals surface area contributed by atoms with Crippen molar-refractivity contribution >= 4 is 17.4 Å². The van der Waals surface area contributed by atoms with E-state index in [0.29, 0.717) is 11.4 Å². The Morgan fingerprint density at radius 3 is 2.38 bits per heavy atom. The number of alkyl halides is 3. The Labute approximate surface area is 191 Å². The van der Waals surface area contributed by atoms with Crippen molar-refractivity contribution < 1.29 is 27.1 Å². The molecule has 10 heteroatoms. The highest BCUT2D eigenvalue weighted by atomic mass is 19.4. The van der Waals surface area contributed by atoms with Gasteiger partial charge in [-0.2, -0.15) is 13.2 Å². The fourth-order valence-electron chi connectivity index (χ4n) is 3.11. The lowest BCUT2D eigenvalue weighted by Crippen LogP contribution is -2.20. The fourth-order valence-corrected chi connectivity index (χ4v) is 3.11. The zero-order valence-electron chi connectivity index (χ0n) is 17.7. The summed E-state index contributed by atoms with van der Waals surface area (Å²) in [6.07, 6.45) is 0.887. The van der Waals surface area contributed by atoms with Crippen LogP contribution in [0, 0.1) is 5.82 Å². The molecular formula is C24H18F4N4O2. The van der Waals surface area contributed by atoms with E-state index in [1.807, 2.05) is 30.1 Å². The Bertz CT molecular complexity index is 1320. The van der Waals surface area contributed by atoms with Crippen molar-refractivity contribution in [3.63, 3.8) is 0 Å². The monoisotopic (exact) mass is 470 g/mol. The number of ether oxygens (including phenoxy) is 1. The lowest BCUT2D eigenvalue weighted by molar-refractivity contribution is -0.137. The first kappa shape index (κ1) is 22.8. The Balaban J connectivity index is 1.44. The van der Waals surface area contributed by atoms with Gasteiger partial charge in [0, 0.05) is 49.0 Å². The minimum Gasteiger partial charge on any atom is -0.457 e. The molecule has 0 aliphatic heterocycles. The predicted octanol–water partition coefficient (Wildman–Crippen LogP) is 6.68. The maximum Gasteiger partial charge on any atom is 0.416 e. The number of urea groups is 1. The molecule has 0 saturated carbocycles. The summed E-state index contributed by atoms with van der Waals surface area (Å²) >= 11 is 0. The molecule has 0 radical (unpaired) electrons. The minimum absolute atomic E-state index is 0.114. The van der Waals surface area contributed by atoms with Crippen molar-refractivity contribution in [2.24, 2.45) is 7.05 Å². The minimum atomic E-state index is -4.49. The number of hydrogen-bond donors (Lipinski definition) is 2. The second-order valence-corrected chi connectivity index (χ2v) is 7.34. The summed E-state index contributed by atoms with van der Waals surface area (Å²) in [4.78, 5) is 16.5. The third-order valence-corrected chi connectivity index (χ3v) is 4.75. The molecule has 0 fully saturated rings. The number of hydrogen-bond acceptors (Lipinski definition) is 3. The Morgan fingerprint density at radius 2 is 1.71 bits per heavy atom. The number of benzene rings is 2. The summed E-state index contributed by atoms with van der Waals surface area (Å²) in [6, 6.07) is 12.1. The van der Waals surface area contributed by atoms with Crippen molar-refractivity contribution in [3.8, 4) is 22.8 Å². The van der Waals surface area contributed by atoms with Crippen LogP contribution in [0.1, 0.15) is 5.56 Å². The highest BCUT2D eigenvalue weighted by Gasteiger charge is 2.30. The number of aromatic nitrogens is 2. The molecule has 0 aliphatic carbocycles. The summed E-state index contributed by atoms with van der Waals surface area (Å²) < 4.78 is 59.9. The van der Waals surface area contributed by atoms with Crippen LogP contribution in [0.2, 0.25) is 0 Å². The third kappa shape index (κ3) is 5.52. The van der Waals surface area contributed by atoms with Crippen molar-refractivity contribution in [1.29, 1.82) is 0 Å². The van der Waals surface area contributed by atoms with Crippen LogP contribution in [0.5, 0.6) is 11.5 Å². The fraction of sp³-hybridized carbons (Fsp3) is 0.0833. The van der Waals surface area contributed by atoms with Crippen LogP contribution in [-0.2, 0) is 13.2 Å². The van der Waals surface area contributed by atoms with Gasteiger partial charge in [-0.05, 0) is 48.5 Å². The van der Waals surface area contributed by atoms with Gasteiger partial charge in [0.2, 0.25) is 0 Å². The molecule has 0 unspecified atom stereocenters. The van der Waals surface area contributed by atoms with Gasteiger partial charge in [-0.1, -0.05) is 0 Å². The van der Waals surface area contributed by atoms with Gasteiger partial charge in [0.25, 0.3) is 0 Å². The van der Waals surface area contributed by atoms with E-state index in [-0.39, 0.29) is 17.1 Å². The molecule has 174 valence electrons. The second kappa shape index (κ2) is 9.26. The van der Waals surface area contributed by atoms with E-state index in [0.717, 1.165) is 35.9 Å². The highest BCUT2D eigenvalue weighted by Crippen LogP contribution is 2.31. The van der Waals surface area contributed by atoms with Gasteiger partial charge in [-0.15, -0.1) is 0 Å². The maximum atomic E-state index is 14.2. The standard InChI is InChI=1S/C24H18F4N4O2/c1-32-11-9-15(14-32)21-12-19(8-10-29-21)34-18-6-7-20(25)22(13-18)31-23(33)30-17-4-2-16(3-5-17)24(26,27)28/h2-14H,1H3,(H2,30,31,33). The van der Waals surface area contributed by atoms with Crippen LogP contribution >= 0.6 is 0 Å². The van der Waals surface area contributed by atoms with Crippen LogP contribution in [0.15, 0.2) is 79.3 Å². The summed E-state index contributed by atoms with van der Waals surface area (Å²) in [5.41, 5.74) is 0.688. The molecule has 2 heterocycles. The van der Waals surface area contributed by atoms with Crippen LogP contribution in [0.4, 0.5) is 33.7 Å². The normalized spacial score (nSPS) is 11.2. The quantitative estimate of drug-likeness (QED) is 0.320. The number of nitrogens with zero attached hydrogens (tertiary/aromatic N) is 2. The zero-order valence-corrected chi connectivity index (χ0v) is 17.7. The molecule has 2 amide bonds. The summed E-state index contributed by atoms with van der Waals surface area (Å²) in [6.45, 7) is 0. The van der Waals surface area contributed by atoms with Gasteiger partial charge in [-0.3, -0.25) is 4.98 Å². The first-order valence-corrected chi connectivity index (χ1v) is 9.98. The smallest absolute Gasteiger partial charge is 0.416 e. The number of halogens is 4. The lowest BCUT2D eigenvalue weighted by Gasteiger charge is -2.12. The summed E-state index contributed by atoms with van der Waals surface area (Å²) in [7, 11) is 1.89. The van der Waals surface area contributed by atoms with E-state index in [2.05, 4.69) is 15.6 Å². The topological polar surface area (TPSA) is 68.2 Å². The van der Waals surface area contributed by atoms with E-state index >= 15 is 0 Å². The molecule has 0 aliphatic rings. The molecule has 34 heavy (non-hydrogen) atoms. The van der Waals surface area contributed by atoms with Gasteiger partial charge in [0.1, 0.15) is 17.3 Å². The molecule has 4 rings (SSSR count). The first-order chi connectivity index (χ1) is 16.2. The zero-order chi connectivity index (χ0) is 24.3.